The van der Waals surface area contributed by atoms with Gasteiger partial charge in [0.05, 0.1) is 5.92 Å². The molecular weight excluding hydrogens is 274 g/mol. The molecule has 0 radical (unpaired) electrons. The molecule has 2 heterocycles. The number of carbonyl (C=O) groups is 1. The Labute approximate surface area is 123 Å². The number of hydrogen-bond acceptors (Lipinski definition) is 5. The number of aromatic nitrogens is 2. The number of carbonyl (C=O) groups excluding carboxylic acids is 1. The van der Waals surface area contributed by atoms with Gasteiger partial charge in [-0.3, -0.25) is 4.79 Å². The van der Waals surface area contributed by atoms with Crippen molar-refractivity contribution >= 4 is 29.1 Å². The van der Waals surface area contributed by atoms with E-state index in [2.05, 4.69) is 15.3 Å². The van der Waals surface area contributed by atoms with Gasteiger partial charge in [-0.15, -0.1) is 0 Å². The predicted molar refractivity (Wildman–Crippen MR) is 81.7 cm³/mol. The molecule has 0 saturated carbocycles. The quantitative estimate of drug-likeness (QED) is 0.784. The highest BCUT2D eigenvalue weighted by atomic mass is 32.1. The van der Waals surface area contributed by atoms with Crippen molar-refractivity contribution in [1.82, 2.24) is 15.3 Å². The zero-order chi connectivity index (χ0) is 14.7. The summed E-state index contributed by atoms with van der Waals surface area (Å²) < 4.78 is 0. The minimum Gasteiger partial charge on any atom is -0.388 e. The van der Waals surface area contributed by atoms with E-state index in [1.165, 1.54) is 0 Å². The van der Waals surface area contributed by atoms with Crippen LogP contribution in [0.2, 0.25) is 0 Å². The lowest BCUT2D eigenvalue weighted by atomic mass is 9.97. The SMILES string of the molecule is CNC(=O)C1CCCN(c2nc(C)cc(C(N)=S)n2)C1. The van der Waals surface area contributed by atoms with Gasteiger partial charge in [-0.2, -0.15) is 0 Å². The van der Waals surface area contributed by atoms with Crippen molar-refractivity contribution in [2.45, 2.75) is 19.8 Å². The van der Waals surface area contributed by atoms with Gasteiger partial charge in [0.15, 0.2) is 0 Å². The van der Waals surface area contributed by atoms with Crippen molar-refractivity contribution in [3.63, 3.8) is 0 Å². The van der Waals surface area contributed by atoms with E-state index in [-0.39, 0.29) is 16.8 Å². The fourth-order valence-corrected chi connectivity index (χ4v) is 2.50. The predicted octanol–water partition coefficient (Wildman–Crippen LogP) is 0.382. The van der Waals surface area contributed by atoms with Gasteiger partial charge >= 0.3 is 0 Å². The molecule has 1 aromatic rings. The number of piperidine rings is 1. The Bertz CT molecular complexity index is 533. The molecule has 0 spiro atoms. The van der Waals surface area contributed by atoms with E-state index < -0.39 is 0 Å². The molecule has 1 amide bonds. The number of rotatable bonds is 3. The first-order chi connectivity index (χ1) is 9.51. The third-order valence-electron chi connectivity index (χ3n) is 3.42. The van der Waals surface area contributed by atoms with Crippen molar-refractivity contribution in [2.24, 2.45) is 11.7 Å². The van der Waals surface area contributed by atoms with Crippen LogP contribution in [0, 0.1) is 12.8 Å². The Balaban J connectivity index is 2.22. The molecule has 0 bridgehead atoms. The van der Waals surface area contributed by atoms with Crippen molar-refractivity contribution in [1.29, 1.82) is 0 Å². The van der Waals surface area contributed by atoms with Crippen molar-refractivity contribution in [3.05, 3.63) is 17.5 Å². The van der Waals surface area contributed by atoms with Crippen LogP contribution >= 0.6 is 12.2 Å². The van der Waals surface area contributed by atoms with Crippen LogP contribution in [0.4, 0.5) is 5.95 Å². The Morgan fingerprint density at radius 2 is 2.30 bits per heavy atom. The molecule has 1 aromatic heterocycles. The lowest BCUT2D eigenvalue weighted by Crippen LogP contribution is -2.43. The third-order valence-corrected chi connectivity index (χ3v) is 3.63. The molecular formula is C13H19N5OS. The molecule has 1 fully saturated rings. The van der Waals surface area contributed by atoms with Crippen LogP contribution in [0.5, 0.6) is 0 Å². The molecule has 108 valence electrons. The fourth-order valence-electron chi connectivity index (χ4n) is 2.40. The molecule has 1 atom stereocenters. The van der Waals surface area contributed by atoms with Crippen molar-refractivity contribution < 1.29 is 4.79 Å². The third kappa shape index (κ3) is 3.22. The first kappa shape index (κ1) is 14.6. The molecule has 0 aliphatic carbocycles. The number of anilines is 1. The van der Waals surface area contributed by atoms with Crippen LogP contribution in [0.15, 0.2) is 6.07 Å². The van der Waals surface area contributed by atoms with Crippen molar-refractivity contribution in [2.75, 3.05) is 25.0 Å². The molecule has 1 aliphatic heterocycles. The van der Waals surface area contributed by atoms with Gasteiger partial charge in [-0.1, -0.05) is 12.2 Å². The second-order valence-corrected chi connectivity index (χ2v) is 5.40. The average molecular weight is 293 g/mol. The number of hydrogen-bond donors (Lipinski definition) is 2. The van der Waals surface area contributed by atoms with Gasteiger partial charge in [0, 0.05) is 25.8 Å². The van der Waals surface area contributed by atoms with Crippen LogP contribution in [-0.4, -0.2) is 41.0 Å². The summed E-state index contributed by atoms with van der Waals surface area (Å²) in [6, 6.07) is 1.77. The second-order valence-electron chi connectivity index (χ2n) is 4.96. The number of nitrogens with one attached hydrogen (secondary N) is 1. The monoisotopic (exact) mass is 293 g/mol. The van der Waals surface area contributed by atoms with Crippen molar-refractivity contribution in [3.8, 4) is 0 Å². The zero-order valence-corrected chi connectivity index (χ0v) is 12.5. The molecule has 2 rings (SSSR count). The molecule has 20 heavy (non-hydrogen) atoms. The van der Waals surface area contributed by atoms with Gasteiger partial charge < -0.3 is 16.0 Å². The number of thiocarbonyl (C=S) groups is 1. The van der Waals surface area contributed by atoms with E-state index in [4.69, 9.17) is 18.0 Å². The van der Waals surface area contributed by atoms with Gasteiger partial charge in [-0.05, 0) is 25.8 Å². The summed E-state index contributed by atoms with van der Waals surface area (Å²) in [5.74, 6) is 0.643. The normalized spacial score (nSPS) is 18.7. The highest BCUT2D eigenvalue weighted by molar-refractivity contribution is 7.80. The van der Waals surface area contributed by atoms with Gasteiger partial charge in [0.25, 0.3) is 0 Å². The van der Waals surface area contributed by atoms with Crippen LogP contribution in [-0.2, 0) is 4.79 Å². The second kappa shape index (κ2) is 6.13. The molecule has 1 saturated heterocycles. The fraction of sp³-hybridized carbons (Fsp3) is 0.538. The minimum atomic E-state index is -0.0221. The summed E-state index contributed by atoms with van der Waals surface area (Å²) >= 11 is 4.97. The minimum absolute atomic E-state index is 0.0221. The molecule has 7 heteroatoms. The number of nitrogens with two attached hydrogens (primary N) is 1. The molecule has 1 unspecified atom stereocenters. The maximum absolute atomic E-state index is 11.8. The van der Waals surface area contributed by atoms with E-state index in [9.17, 15) is 4.79 Å². The average Bonchev–Trinajstić information content (AvgIpc) is 2.45. The highest BCUT2D eigenvalue weighted by Crippen LogP contribution is 2.21. The van der Waals surface area contributed by atoms with Crippen LogP contribution in [0.25, 0.3) is 0 Å². The van der Waals surface area contributed by atoms with E-state index >= 15 is 0 Å². The lowest BCUT2D eigenvalue weighted by Gasteiger charge is -2.32. The number of aryl methyl sites for hydroxylation is 1. The summed E-state index contributed by atoms with van der Waals surface area (Å²) in [7, 11) is 1.66. The van der Waals surface area contributed by atoms with Gasteiger partial charge in [-0.25, -0.2) is 9.97 Å². The van der Waals surface area contributed by atoms with Gasteiger partial charge in [0.2, 0.25) is 11.9 Å². The summed E-state index contributed by atoms with van der Waals surface area (Å²) in [5, 5.41) is 2.70. The molecule has 3 N–H and O–H groups in total. The summed E-state index contributed by atoms with van der Waals surface area (Å²) in [6.45, 7) is 3.35. The largest absolute Gasteiger partial charge is 0.388 e. The first-order valence-corrected chi connectivity index (χ1v) is 7.04. The number of nitrogens with zero attached hydrogens (tertiary/aromatic N) is 3. The number of amides is 1. The molecule has 6 nitrogen and oxygen atoms in total. The van der Waals surface area contributed by atoms with Crippen LogP contribution in [0.3, 0.4) is 0 Å². The zero-order valence-electron chi connectivity index (χ0n) is 11.7. The highest BCUT2D eigenvalue weighted by Gasteiger charge is 2.26. The van der Waals surface area contributed by atoms with Crippen LogP contribution in [0.1, 0.15) is 24.2 Å². The Hall–Kier alpha value is -1.76. The molecule has 1 aliphatic rings. The van der Waals surface area contributed by atoms with Gasteiger partial charge in [0.1, 0.15) is 10.7 Å². The molecule has 0 aromatic carbocycles. The lowest BCUT2D eigenvalue weighted by molar-refractivity contribution is -0.124. The van der Waals surface area contributed by atoms with E-state index in [1.807, 2.05) is 11.8 Å². The summed E-state index contributed by atoms with van der Waals surface area (Å²) in [6.07, 6.45) is 1.84. The maximum atomic E-state index is 11.8. The summed E-state index contributed by atoms with van der Waals surface area (Å²) in [5.41, 5.74) is 7.03. The van der Waals surface area contributed by atoms with E-state index in [0.717, 1.165) is 25.1 Å². The first-order valence-electron chi connectivity index (χ1n) is 6.63. The van der Waals surface area contributed by atoms with Crippen LogP contribution < -0.4 is 16.0 Å². The Morgan fingerprint density at radius 3 is 2.95 bits per heavy atom. The topological polar surface area (TPSA) is 84.1 Å². The Kier molecular flexibility index (Phi) is 4.49. The maximum Gasteiger partial charge on any atom is 0.226 e. The smallest absolute Gasteiger partial charge is 0.226 e. The Morgan fingerprint density at radius 1 is 1.55 bits per heavy atom. The van der Waals surface area contributed by atoms with E-state index in [1.54, 1.807) is 13.1 Å². The standard InChI is InChI=1S/C13H19N5OS/c1-8-6-10(11(14)20)17-13(16-8)18-5-3-4-9(7-18)12(19)15-2/h6,9H,3-5,7H2,1-2H3,(H2,14,20)(H,15,19). The summed E-state index contributed by atoms with van der Waals surface area (Å²) in [4.78, 5) is 22.9. The van der Waals surface area contributed by atoms with E-state index in [0.29, 0.717) is 18.2 Å².